The lowest BCUT2D eigenvalue weighted by Crippen LogP contribution is -2.39. The Kier molecular flexibility index (Phi) is 4.46. The van der Waals surface area contributed by atoms with Gasteiger partial charge in [0.15, 0.2) is 11.5 Å². The molecule has 4 unspecified atom stereocenters. The van der Waals surface area contributed by atoms with Gasteiger partial charge in [0.2, 0.25) is 0 Å². The maximum absolute atomic E-state index is 14.7. The third-order valence-electron chi connectivity index (χ3n) is 6.48. The molecule has 28 heavy (non-hydrogen) atoms. The zero-order chi connectivity index (χ0) is 19.3. The summed E-state index contributed by atoms with van der Waals surface area (Å²) < 4.78 is 26.5. The standard InChI is InChI=1S/C22H24FNO4/c23-16-9-3-1-7-14(16)19-18-20(25)15-8-2-4-10-17(15)28-21(18)22(26)24(19)12-13-6-5-11-27-13/h1,3,7,9,13,15,17,19H,2,4-6,8,10-12H2. The van der Waals surface area contributed by atoms with Gasteiger partial charge in [0.05, 0.1) is 23.6 Å². The summed E-state index contributed by atoms with van der Waals surface area (Å²) in [5, 5.41) is 0. The summed E-state index contributed by atoms with van der Waals surface area (Å²) in [5.41, 5.74) is 0.696. The predicted molar refractivity (Wildman–Crippen MR) is 98.7 cm³/mol. The van der Waals surface area contributed by atoms with E-state index in [2.05, 4.69) is 0 Å². The lowest BCUT2D eigenvalue weighted by atomic mass is 9.77. The van der Waals surface area contributed by atoms with Gasteiger partial charge < -0.3 is 14.4 Å². The van der Waals surface area contributed by atoms with Gasteiger partial charge in [-0.25, -0.2) is 4.39 Å². The number of amides is 1. The molecular formula is C22H24FNO4. The van der Waals surface area contributed by atoms with Crippen LogP contribution < -0.4 is 0 Å². The van der Waals surface area contributed by atoms with Crippen LogP contribution in [0.3, 0.4) is 0 Å². The molecule has 1 aliphatic carbocycles. The van der Waals surface area contributed by atoms with Gasteiger partial charge in [-0.05, 0) is 38.2 Å². The van der Waals surface area contributed by atoms with Crippen LogP contribution in [0.25, 0.3) is 0 Å². The van der Waals surface area contributed by atoms with Gasteiger partial charge in [-0.2, -0.15) is 0 Å². The molecule has 5 rings (SSSR count). The summed E-state index contributed by atoms with van der Waals surface area (Å²) >= 11 is 0. The fourth-order valence-electron chi connectivity index (χ4n) is 5.11. The molecule has 1 aromatic rings. The number of halogens is 1. The second kappa shape index (κ2) is 6.99. The molecule has 2 fully saturated rings. The molecule has 5 nitrogen and oxygen atoms in total. The maximum atomic E-state index is 14.7. The number of rotatable bonds is 3. The Bertz CT molecular complexity index is 845. The summed E-state index contributed by atoms with van der Waals surface area (Å²) in [7, 11) is 0. The fourth-order valence-corrected chi connectivity index (χ4v) is 5.11. The van der Waals surface area contributed by atoms with E-state index < -0.39 is 11.9 Å². The molecule has 1 saturated heterocycles. The van der Waals surface area contributed by atoms with Crippen molar-refractivity contribution in [1.29, 1.82) is 0 Å². The van der Waals surface area contributed by atoms with Gasteiger partial charge in [0.25, 0.3) is 5.91 Å². The molecule has 3 heterocycles. The number of ketones is 1. The molecule has 0 radical (unpaired) electrons. The highest BCUT2D eigenvalue weighted by Crippen LogP contribution is 2.47. The van der Waals surface area contributed by atoms with E-state index in [0.717, 1.165) is 38.5 Å². The molecule has 0 N–H and O–H groups in total. The largest absolute Gasteiger partial charge is 0.483 e. The summed E-state index contributed by atoms with van der Waals surface area (Å²) in [5.74, 6) is -0.847. The van der Waals surface area contributed by atoms with Crippen molar-refractivity contribution in [2.75, 3.05) is 13.2 Å². The highest BCUT2D eigenvalue weighted by molar-refractivity contribution is 6.11. The van der Waals surface area contributed by atoms with Gasteiger partial charge in [-0.15, -0.1) is 0 Å². The van der Waals surface area contributed by atoms with E-state index in [0.29, 0.717) is 24.3 Å². The third-order valence-corrected chi connectivity index (χ3v) is 6.48. The quantitative estimate of drug-likeness (QED) is 0.801. The van der Waals surface area contributed by atoms with E-state index in [-0.39, 0.29) is 35.6 Å². The average Bonchev–Trinajstić information content (AvgIpc) is 3.31. The van der Waals surface area contributed by atoms with Crippen molar-refractivity contribution < 1.29 is 23.5 Å². The van der Waals surface area contributed by atoms with Crippen LogP contribution >= 0.6 is 0 Å². The second-order valence-electron chi connectivity index (χ2n) is 8.17. The number of fused-ring (bicyclic) bond motifs is 1. The molecule has 0 bridgehead atoms. The summed E-state index contributed by atoms with van der Waals surface area (Å²) in [6.45, 7) is 1.01. The van der Waals surface area contributed by atoms with Crippen LogP contribution in [-0.4, -0.2) is 41.9 Å². The number of nitrogens with zero attached hydrogens (tertiary/aromatic N) is 1. The third kappa shape index (κ3) is 2.77. The Balaban J connectivity index is 1.57. The maximum Gasteiger partial charge on any atom is 0.290 e. The zero-order valence-corrected chi connectivity index (χ0v) is 15.7. The summed E-state index contributed by atoms with van der Waals surface area (Å²) in [6.07, 6.45) is 5.03. The topological polar surface area (TPSA) is 55.8 Å². The van der Waals surface area contributed by atoms with Crippen molar-refractivity contribution in [3.8, 4) is 0 Å². The Hall–Kier alpha value is -2.21. The average molecular weight is 385 g/mol. The smallest absolute Gasteiger partial charge is 0.290 e. The van der Waals surface area contributed by atoms with Gasteiger partial charge in [-0.3, -0.25) is 9.59 Å². The van der Waals surface area contributed by atoms with Crippen LogP contribution in [0.2, 0.25) is 0 Å². The van der Waals surface area contributed by atoms with Gasteiger partial charge in [0, 0.05) is 18.7 Å². The van der Waals surface area contributed by atoms with Crippen LogP contribution in [-0.2, 0) is 19.1 Å². The molecule has 1 saturated carbocycles. The molecular weight excluding hydrogens is 361 g/mol. The number of hydrogen-bond acceptors (Lipinski definition) is 4. The molecule has 4 atom stereocenters. The van der Waals surface area contributed by atoms with E-state index in [1.807, 2.05) is 0 Å². The number of carbonyl (C=O) groups excluding carboxylic acids is 2. The van der Waals surface area contributed by atoms with Crippen LogP contribution in [0.1, 0.15) is 50.1 Å². The van der Waals surface area contributed by atoms with Gasteiger partial charge >= 0.3 is 0 Å². The summed E-state index contributed by atoms with van der Waals surface area (Å²) in [6, 6.07) is 5.66. The van der Waals surface area contributed by atoms with Gasteiger partial charge in [-0.1, -0.05) is 24.6 Å². The predicted octanol–water partition coefficient (Wildman–Crippen LogP) is 3.30. The Morgan fingerprint density at radius 1 is 1.07 bits per heavy atom. The van der Waals surface area contributed by atoms with Crippen molar-refractivity contribution in [2.24, 2.45) is 5.92 Å². The minimum Gasteiger partial charge on any atom is -0.483 e. The summed E-state index contributed by atoms with van der Waals surface area (Å²) in [4.78, 5) is 28.2. The van der Waals surface area contributed by atoms with E-state index in [1.54, 1.807) is 23.1 Å². The molecule has 0 aromatic heterocycles. The molecule has 1 aromatic carbocycles. The molecule has 148 valence electrons. The van der Waals surface area contributed by atoms with Crippen molar-refractivity contribution in [1.82, 2.24) is 4.90 Å². The van der Waals surface area contributed by atoms with Crippen molar-refractivity contribution in [3.05, 3.63) is 47.0 Å². The molecule has 0 spiro atoms. The molecule has 4 aliphatic rings. The van der Waals surface area contributed by atoms with Crippen LogP contribution in [0.15, 0.2) is 35.6 Å². The highest BCUT2D eigenvalue weighted by Gasteiger charge is 2.52. The molecule has 6 heteroatoms. The first-order chi connectivity index (χ1) is 13.6. The second-order valence-corrected chi connectivity index (χ2v) is 8.17. The monoisotopic (exact) mass is 385 g/mol. The Labute approximate surface area is 163 Å². The first kappa shape index (κ1) is 17.9. The van der Waals surface area contributed by atoms with Crippen LogP contribution in [0.4, 0.5) is 4.39 Å². The molecule has 1 amide bonds. The molecule has 3 aliphatic heterocycles. The van der Waals surface area contributed by atoms with E-state index in [4.69, 9.17) is 9.47 Å². The number of benzene rings is 1. The van der Waals surface area contributed by atoms with Crippen LogP contribution in [0.5, 0.6) is 0 Å². The SMILES string of the molecule is O=C1C2=C(OC3CCCCC13)C(=O)N(CC1CCCO1)C2c1ccccc1F. The minimum absolute atomic E-state index is 0.0395. The first-order valence-electron chi connectivity index (χ1n) is 10.3. The number of hydrogen-bond donors (Lipinski definition) is 0. The number of ether oxygens (including phenoxy) is 2. The zero-order valence-electron chi connectivity index (χ0n) is 15.7. The van der Waals surface area contributed by atoms with E-state index in [9.17, 15) is 14.0 Å². The van der Waals surface area contributed by atoms with Crippen LogP contribution in [0, 0.1) is 11.7 Å². The Morgan fingerprint density at radius 3 is 2.68 bits per heavy atom. The van der Waals surface area contributed by atoms with Crippen molar-refractivity contribution >= 4 is 11.7 Å². The van der Waals surface area contributed by atoms with E-state index in [1.165, 1.54) is 6.07 Å². The number of carbonyl (C=O) groups is 2. The highest BCUT2D eigenvalue weighted by atomic mass is 19.1. The Morgan fingerprint density at radius 2 is 1.89 bits per heavy atom. The first-order valence-corrected chi connectivity index (χ1v) is 10.3. The van der Waals surface area contributed by atoms with Crippen molar-refractivity contribution in [2.45, 2.75) is 56.8 Å². The van der Waals surface area contributed by atoms with E-state index >= 15 is 0 Å². The lowest BCUT2D eigenvalue weighted by molar-refractivity contribution is -0.136. The minimum atomic E-state index is -0.733. The fraction of sp³-hybridized carbons (Fsp3) is 0.545. The van der Waals surface area contributed by atoms with Gasteiger partial charge in [0.1, 0.15) is 11.9 Å². The number of Topliss-reactive ketones (excluding diaryl/α,β-unsaturated/α-hetero) is 1. The lowest BCUT2D eigenvalue weighted by Gasteiger charge is -2.35. The normalized spacial score (nSPS) is 32.4. The van der Waals surface area contributed by atoms with Crippen molar-refractivity contribution in [3.63, 3.8) is 0 Å².